The molecule has 0 saturated heterocycles. The predicted molar refractivity (Wildman–Crippen MR) is 89.8 cm³/mol. The summed E-state index contributed by atoms with van der Waals surface area (Å²) < 4.78 is 10.2. The molecule has 0 saturated carbocycles. The summed E-state index contributed by atoms with van der Waals surface area (Å²) in [6, 6.07) is 0. The minimum Gasteiger partial charge on any atom is -0.461 e. The van der Waals surface area contributed by atoms with Crippen LogP contribution in [0.4, 0.5) is 0 Å². The summed E-state index contributed by atoms with van der Waals surface area (Å²) in [5.74, 6) is -0.733. The van der Waals surface area contributed by atoms with Gasteiger partial charge in [0.1, 0.15) is 12.7 Å². The second-order valence-corrected chi connectivity index (χ2v) is 5.64. The summed E-state index contributed by atoms with van der Waals surface area (Å²) in [4.78, 5) is 22.0. The molecular formula is C18H28O5. The van der Waals surface area contributed by atoms with E-state index in [0.29, 0.717) is 12.0 Å². The minimum atomic E-state index is -0.418. The van der Waals surface area contributed by atoms with E-state index in [9.17, 15) is 9.59 Å². The van der Waals surface area contributed by atoms with Gasteiger partial charge in [0, 0.05) is 20.3 Å². The van der Waals surface area contributed by atoms with Crippen LogP contribution < -0.4 is 0 Å². The molecule has 0 spiro atoms. The number of allylic oxidation sites excluding steroid dienone is 2. The summed E-state index contributed by atoms with van der Waals surface area (Å²) in [6.45, 7) is 10.6. The molecule has 0 rings (SSSR count). The van der Waals surface area contributed by atoms with Gasteiger partial charge in [-0.2, -0.15) is 0 Å². The number of carbonyl (C=O) groups is 2. The van der Waals surface area contributed by atoms with Gasteiger partial charge in [0.25, 0.3) is 0 Å². The Morgan fingerprint density at radius 3 is 2.30 bits per heavy atom. The fraction of sp³-hybridized carbons (Fsp3) is 0.556. The maximum absolute atomic E-state index is 11.2. The van der Waals surface area contributed by atoms with E-state index in [-0.39, 0.29) is 25.2 Å². The number of aliphatic hydroxyl groups excluding tert-OH is 1. The quantitative estimate of drug-likeness (QED) is 0.494. The van der Waals surface area contributed by atoms with Gasteiger partial charge in [0.15, 0.2) is 0 Å². The molecule has 5 nitrogen and oxygen atoms in total. The van der Waals surface area contributed by atoms with Crippen molar-refractivity contribution >= 4 is 11.9 Å². The first-order valence-electron chi connectivity index (χ1n) is 7.65. The zero-order chi connectivity index (χ0) is 17.8. The van der Waals surface area contributed by atoms with E-state index in [1.807, 2.05) is 26.0 Å². The fourth-order valence-electron chi connectivity index (χ4n) is 1.91. The highest BCUT2D eigenvalue weighted by Gasteiger charge is 2.12. The van der Waals surface area contributed by atoms with E-state index in [1.165, 1.54) is 13.8 Å². The smallest absolute Gasteiger partial charge is 0.303 e. The summed E-state index contributed by atoms with van der Waals surface area (Å²) in [5, 5.41) is 8.95. The molecule has 0 aliphatic heterocycles. The maximum atomic E-state index is 11.2. The average Bonchev–Trinajstić information content (AvgIpc) is 2.44. The van der Waals surface area contributed by atoms with Gasteiger partial charge in [0.2, 0.25) is 0 Å². The average molecular weight is 324 g/mol. The van der Waals surface area contributed by atoms with Crippen LogP contribution in [0.1, 0.15) is 47.0 Å². The first-order chi connectivity index (χ1) is 10.7. The number of ether oxygens (including phenoxy) is 2. The van der Waals surface area contributed by atoms with E-state index >= 15 is 0 Å². The number of esters is 2. The number of carbonyl (C=O) groups excluding carboxylic acids is 2. The van der Waals surface area contributed by atoms with Crippen LogP contribution in [0.25, 0.3) is 0 Å². The minimum absolute atomic E-state index is 0.0643. The zero-order valence-electron chi connectivity index (χ0n) is 14.6. The van der Waals surface area contributed by atoms with Crippen LogP contribution in [0.15, 0.2) is 35.5 Å². The lowest BCUT2D eigenvalue weighted by Gasteiger charge is -2.16. The van der Waals surface area contributed by atoms with Crippen molar-refractivity contribution in [2.24, 2.45) is 0 Å². The van der Waals surface area contributed by atoms with Crippen molar-refractivity contribution in [3.63, 3.8) is 0 Å². The lowest BCUT2D eigenvalue weighted by Crippen LogP contribution is -2.17. The first kappa shape index (κ1) is 21.1. The summed E-state index contributed by atoms with van der Waals surface area (Å²) in [6.07, 6.45) is 5.50. The second kappa shape index (κ2) is 11.7. The van der Waals surface area contributed by atoms with Crippen LogP contribution in [-0.2, 0) is 19.1 Å². The predicted octanol–water partition coefficient (Wildman–Crippen LogP) is 3.09. The van der Waals surface area contributed by atoms with Gasteiger partial charge in [-0.1, -0.05) is 23.8 Å². The van der Waals surface area contributed by atoms with Gasteiger partial charge < -0.3 is 14.6 Å². The molecule has 0 radical (unpaired) electrons. The first-order valence-corrected chi connectivity index (χ1v) is 7.65. The summed E-state index contributed by atoms with van der Waals surface area (Å²) in [7, 11) is 0. The van der Waals surface area contributed by atoms with E-state index in [1.54, 1.807) is 0 Å². The molecule has 23 heavy (non-hydrogen) atoms. The number of hydrogen-bond donors (Lipinski definition) is 1. The summed E-state index contributed by atoms with van der Waals surface area (Å²) >= 11 is 0. The standard InChI is InChI=1S/C18H28O5/c1-13(7-6-8-14(2)11-19)9-18(23-17(5)21)10-15(3)12-22-16(4)20/h8-9,18-19H,3,6-7,10-12H2,1-2,4-5H3/b13-9+,14-8+. The Morgan fingerprint density at radius 1 is 1.13 bits per heavy atom. The van der Waals surface area contributed by atoms with Crippen LogP contribution in [0.5, 0.6) is 0 Å². The van der Waals surface area contributed by atoms with Gasteiger partial charge in [-0.25, -0.2) is 0 Å². The van der Waals surface area contributed by atoms with Crippen molar-refractivity contribution in [2.75, 3.05) is 13.2 Å². The lowest BCUT2D eigenvalue weighted by molar-refractivity contribution is -0.145. The normalized spacial score (nSPS) is 13.4. The molecule has 130 valence electrons. The molecule has 0 bridgehead atoms. The van der Waals surface area contributed by atoms with Gasteiger partial charge in [-0.15, -0.1) is 0 Å². The Kier molecular flexibility index (Phi) is 10.7. The third-order valence-corrected chi connectivity index (χ3v) is 3.04. The molecule has 5 heteroatoms. The second-order valence-electron chi connectivity index (χ2n) is 5.64. The van der Waals surface area contributed by atoms with Crippen LogP contribution in [0.2, 0.25) is 0 Å². The number of hydrogen-bond acceptors (Lipinski definition) is 5. The van der Waals surface area contributed by atoms with Crippen molar-refractivity contribution in [2.45, 2.75) is 53.1 Å². The molecule has 0 aromatic carbocycles. The molecular weight excluding hydrogens is 296 g/mol. The van der Waals surface area contributed by atoms with E-state index in [2.05, 4.69) is 6.58 Å². The third kappa shape index (κ3) is 12.4. The topological polar surface area (TPSA) is 72.8 Å². The monoisotopic (exact) mass is 324 g/mol. The van der Waals surface area contributed by atoms with Gasteiger partial charge in [-0.3, -0.25) is 9.59 Å². The Bertz CT molecular complexity index is 474. The van der Waals surface area contributed by atoms with Crippen molar-refractivity contribution in [3.8, 4) is 0 Å². The molecule has 1 N–H and O–H groups in total. The molecule has 0 amide bonds. The maximum Gasteiger partial charge on any atom is 0.303 e. The Balaban J connectivity index is 4.63. The summed E-state index contributed by atoms with van der Waals surface area (Å²) in [5.41, 5.74) is 2.70. The number of rotatable bonds is 10. The highest BCUT2D eigenvalue weighted by molar-refractivity contribution is 5.66. The highest BCUT2D eigenvalue weighted by atomic mass is 16.5. The van der Waals surface area contributed by atoms with Gasteiger partial charge in [-0.05, 0) is 38.3 Å². The van der Waals surface area contributed by atoms with E-state index < -0.39 is 6.10 Å². The van der Waals surface area contributed by atoms with Crippen LogP contribution in [0, 0.1) is 0 Å². The van der Waals surface area contributed by atoms with Crippen LogP contribution in [0.3, 0.4) is 0 Å². The van der Waals surface area contributed by atoms with E-state index in [0.717, 1.165) is 24.0 Å². The molecule has 1 atom stereocenters. The molecule has 0 fully saturated rings. The largest absolute Gasteiger partial charge is 0.461 e. The number of aliphatic hydroxyl groups is 1. The zero-order valence-corrected chi connectivity index (χ0v) is 14.6. The highest BCUT2D eigenvalue weighted by Crippen LogP contribution is 2.15. The lowest BCUT2D eigenvalue weighted by atomic mass is 10.0. The molecule has 1 unspecified atom stereocenters. The Hall–Kier alpha value is -1.88. The van der Waals surface area contributed by atoms with Crippen LogP contribution >= 0.6 is 0 Å². The fourth-order valence-corrected chi connectivity index (χ4v) is 1.91. The Morgan fingerprint density at radius 2 is 1.78 bits per heavy atom. The van der Waals surface area contributed by atoms with Crippen molar-refractivity contribution in [3.05, 3.63) is 35.5 Å². The molecule has 0 aliphatic rings. The molecule has 0 aliphatic carbocycles. The SMILES string of the molecule is C=C(COC(C)=O)CC(/C=C(\C)CC/C=C(\C)CO)OC(C)=O. The van der Waals surface area contributed by atoms with E-state index in [4.69, 9.17) is 14.6 Å². The van der Waals surface area contributed by atoms with Crippen molar-refractivity contribution in [1.29, 1.82) is 0 Å². The third-order valence-electron chi connectivity index (χ3n) is 3.04. The Labute approximate surface area is 138 Å². The molecule has 0 heterocycles. The molecule has 0 aromatic heterocycles. The van der Waals surface area contributed by atoms with Crippen molar-refractivity contribution < 1.29 is 24.2 Å². The van der Waals surface area contributed by atoms with Crippen LogP contribution in [-0.4, -0.2) is 36.4 Å². The van der Waals surface area contributed by atoms with Gasteiger partial charge >= 0.3 is 11.9 Å². The van der Waals surface area contributed by atoms with Crippen molar-refractivity contribution in [1.82, 2.24) is 0 Å². The van der Waals surface area contributed by atoms with Gasteiger partial charge in [0.05, 0.1) is 6.61 Å². The molecule has 0 aromatic rings.